The van der Waals surface area contributed by atoms with Gasteiger partial charge in [0.05, 0.1) is 6.10 Å². The largest absolute Gasteiger partial charge is 0.573 e. The van der Waals surface area contributed by atoms with Crippen molar-refractivity contribution in [2.24, 2.45) is 0 Å². The quantitative estimate of drug-likeness (QED) is 0.893. The molecule has 1 aliphatic rings. The Balaban J connectivity index is 2.18. The Morgan fingerprint density at radius 3 is 2.22 bits per heavy atom. The molecule has 0 bridgehead atoms. The van der Waals surface area contributed by atoms with Crippen molar-refractivity contribution in [1.29, 1.82) is 0 Å². The van der Waals surface area contributed by atoms with E-state index in [0.29, 0.717) is 0 Å². The number of benzene rings is 1. The average Bonchev–Trinajstić information content (AvgIpc) is 2.46. The summed E-state index contributed by atoms with van der Waals surface area (Å²) in [5.74, 6) is -0.195. The van der Waals surface area contributed by atoms with Crippen molar-refractivity contribution < 1.29 is 23.0 Å². The Hall–Kier alpha value is -1.27. The van der Waals surface area contributed by atoms with Crippen molar-refractivity contribution in [2.45, 2.75) is 50.0 Å². The van der Waals surface area contributed by atoms with Crippen LogP contribution in [0.15, 0.2) is 24.3 Å². The molecular formula is C17H24F3NO2. The molecule has 130 valence electrons. The minimum atomic E-state index is -4.67. The second-order valence-electron chi connectivity index (χ2n) is 6.64. The fraction of sp³-hybridized carbons (Fsp3) is 0.647. The van der Waals surface area contributed by atoms with E-state index in [2.05, 4.69) is 9.64 Å². The van der Waals surface area contributed by atoms with Crippen molar-refractivity contribution in [3.63, 3.8) is 0 Å². The molecule has 0 aromatic heterocycles. The predicted octanol–water partition coefficient (Wildman–Crippen LogP) is 3.71. The highest BCUT2D eigenvalue weighted by atomic mass is 19.4. The lowest BCUT2D eigenvalue weighted by Gasteiger charge is -2.40. The number of ether oxygens (including phenoxy) is 1. The van der Waals surface area contributed by atoms with Gasteiger partial charge in [-0.25, -0.2) is 0 Å². The van der Waals surface area contributed by atoms with Crippen molar-refractivity contribution in [1.82, 2.24) is 4.90 Å². The van der Waals surface area contributed by atoms with Gasteiger partial charge in [0, 0.05) is 0 Å². The molecule has 23 heavy (non-hydrogen) atoms. The molecule has 1 fully saturated rings. The van der Waals surface area contributed by atoms with E-state index in [1.165, 1.54) is 12.1 Å². The molecule has 2 rings (SSSR count). The van der Waals surface area contributed by atoms with Gasteiger partial charge < -0.3 is 14.7 Å². The zero-order chi connectivity index (χ0) is 17.1. The second kappa shape index (κ2) is 7.09. The fourth-order valence-corrected chi connectivity index (χ4v) is 3.29. The number of nitrogens with zero attached hydrogens (tertiary/aromatic N) is 1. The lowest BCUT2D eigenvalue weighted by Crippen LogP contribution is -2.36. The van der Waals surface area contributed by atoms with Gasteiger partial charge in [-0.05, 0) is 75.9 Å². The molecule has 0 heterocycles. The maximum absolute atomic E-state index is 12.3. The van der Waals surface area contributed by atoms with Crippen molar-refractivity contribution in [3.05, 3.63) is 29.8 Å². The Kier molecular flexibility index (Phi) is 5.57. The van der Waals surface area contributed by atoms with E-state index >= 15 is 0 Å². The van der Waals surface area contributed by atoms with Crippen molar-refractivity contribution >= 4 is 0 Å². The van der Waals surface area contributed by atoms with Crippen LogP contribution in [0, 0.1) is 0 Å². The summed E-state index contributed by atoms with van der Waals surface area (Å²) in [6, 6.07) is 6.22. The number of alkyl halides is 3. The van der Waals surface area contributed by atoms with E-state index in [4.69, 9.17) is 0 Å². The third-order valence-corrected chi connectivity index (χ3v) is 4.65. The highest BCUT2D eigenvalue weighted by molar-refractivity contribution is 5.33. The first-order valence-corrected chi connectivity index (χ1v) is 7.89. The summed E-state index contributed by atoms with van der Waals surface area (Å²) in [7, 11) is 4.01. The van der Waals surface area contributed by atoms with Crippen LogP contribution in [0.4, 0.5) is 13.2 Å². The molecular weight excluding hydrogens is 307 g/mol. The Bertz CT molecular complexity index is 492. The highest BCUT2D eigenvalue weighted by Gasteiger charge is 2.36. The highest BCUT2D eigenvalue weighted by Crippen LogP contribution is 2.43. The zero-order valence-corrected chi connectivity index (χ0v) is 13.6. The van der Waals surface area contributed by atoms with E-state index in [1.807, 2.05) is 14.1 Å². The molecule has 0 amide bonds. The van der Waals surface area contributed by atoms with Crippen molar-refractivity contribution in [3.8, 4) is 5.75 Å². The number of rotatable bonds is 5. The van der Waals surface area contributed by atoms with E-state index in [-0.39, 0.29) is 17.3 Å². The van der Waals surface area contributed by atoms with Gasteiger partial charge in [-0.15, -0.1) is 13.2 Å². The van der Waals surface area contributed by atoms with Crippen LogP contribution in [0.5, 0.6) is 5.75 Å². The maximum Gasteiger partial charge on any atom is 0.573 e. The summed E-state index contributed by atoms with van der Waals surface area (Å²) in [6.45, 7) is 0.900. The molecule has 0 atom stereocenters. The molecule has 0 spiro atoms. The molecule has 1 saturated carbocycles. The summed E-state index contributed by atoms with van der Waals surface area (Å²) in [6.07, 6.45) is -0.855. The van der Waals surface area contributed by atoms with Crippen molar-refractivity contribution in [2.75, 3.05) is 20.6 Å². The number of aliphatic hydroxyl groups is 1. The first-order chi connectivity index (χ1) is 10.7. The van der Waals surface area contributed by atoms with E-state index < -0.39 is 6.36 Å². The van der Waals surface area contributed by atoms with Crippen LogP contribution in [-0.4, -0.2) is 43.1 Å². The average molecular weight is 331 g/mol. The second-order valence-corrected chi connectivity index (χ2v) is 6.64. The topological polar surface area (TPSA) is 32.7 Å². The first kappa shape index (κ1) is 18.1. The third-order valence-electron chi connectivity index (χ3n) is 4.65. The van der Waals surface area contributed by atoms with Crippen LogP contribution in [0.2, 0.25) is 0 Å². The van der Waals surface area contributed by atoms with Gasteiger partial charge in [0.1, 0.15) is 5.75 Å². The SMILES string of the molecule is CN(C)CCC1(c2ccc(OC(F)(F)F)cc2)CCC(O)CC1. The number of hydrogen-bond donors (Lipinski definition) is 1. The number of hydrogen-bond acceptors (Lipinski definition) is 3. The molecule has 3 nitrogen and oxygen atoms in total. The van der Waals surface area contributed by atoms with Gasteiger partial charge in [0.25, 0.3) is 0 Å². The molecule has 0 radical (unpaired) electrons. The summed E-state index contributed by atoms with van der Waals surface area (Å²) in [5.41, 5.74) is 0.945. The van der Waals surface area contributed by atoms with Gasteiger partial charge in [-0.3, -0.25) is 0 Å². The van der Waals surface area contributed by atoms with Crippen LogP contribution in [0.25, 0.3) is 0 Å². The van der Waals surface area contributed by atoms with Crippen LogP contribution >= 0.6 is 0 Å². The minimum absolute atomic E-state index is 0.0831. The molecule has 6 heteroatoms. The van der Waals surface area contributed by atoms with E-state index in [9.17, 15) is 18.3 Å². The molecule has 1 aromatic carbocycles. The Morgan fingerprint density at radius 2 is 1.74 bits per heavy atom. The van der Waals surface area contributed by atoms with Gasteiger partial charge in [0.15, 0.2) is 0 Å². The van der Waals surface area contributed by atoms with E-state index in [0.717, 1.165) is 44.2 Å². The van der Waals surface area contributed by atoms with Crippen LogP contribution in [0.1, 0.15) is 37.7 Å². The Morgan fingerprint density at radius 1 is 1.17 bits per heavy atom. The molecule has 0 unspecified atom stereocenters. The summed E-state index contributed by atoms with van der Waals surface area (Å²) in [5, 5.41) is 9.78. The summed E-state index contributed by atoms with van der Waals surface area (Å²) in [4.78, 5) is 2.11. The lowest BCUT2D eigenvalue weighted by molar-refractivity contribution is -0.274. The number of halogens is 3. The lowest BCUT2D eigenvalue weighted by atomic mass is 9.66. The standard InChI is InChI=1S/C17H24F3NO2/c1-21(2)12-11-16(9-7-14(22)8-10-16)13-3-5-15(6-4-13)23-17(18,19)20/h3-6,14,22H,7-12H2,1-2H3. The van der Waals surface area contributed by atoms with E-state index in [1.54, 1.807) is 12.1 Å². The summed E-state index contributed by atoms with van der Waals surface area (Å²) < 4.78 is 40.8. The Labute approximate surface area is 135 Å². The molecule has 1 N–H and O–H groups in total. The maximum atomic E-state index is 12.3. The van der Waals surface area contributed by atoms with Gasteiger partial charge in [-0.2, -0.15) is 0 Å². The fourth-order valence-electron chi connectivity index (χ4n) is 3.29. The number of aliphatic hydroxyl groups excluding tert-OH is 1. The third kappa shape index (κ3) is 5.11. The van der Waals surface area contributed by atoms with Crippen LogP contribution in [-0.2, 0) is 5.41 Å². The van der Waals surface area contributed by atoms with Gasteiger partial charge in [-0.1, -0.05) is 12.1 Å². The molecule has 0 aliphatic heterocycles. The monoisotopic (exact) mass is 331 g/mol. The minimum Gasteiger partial charge on any atom is -0.406 e. The summed E-state index contributed by atoms with van der Waals surface area (Å²) >= 11 is 0. The zero-order valence-electron chi connectivity index (χ0n) is 13.6. The molecule has 1 aromatic rings. The smallest absolute Gasteiger partial charge is 0.406 e. The van der Waals surface area contributed by atoms with Gasteiger partial charge in [0.2, 0.25) is 0 Å². The molecule has 1 aliphatic carbocycles. The van der Waals surface area contributed by atoms with Crippen LogP contribution < -0.4 is 4.74 Å². The molecule has 0 saturated heterocycles. The first-order valence-electron chi connectivity index (χ1n) is 7.89. The van der Waals surface area contributed by atoms with Crippen LogP contribution in [0.3, 0.4) is 0 Å². The predicted molar refractivity (Wildman–Crippen MR) is 82.4 cm³/mol. The van der Waals surface area contributed by atoms with Gasteiger partial charge >= 0.3 is 6.36 Å². The normalized spacial score (nSPS) is 25.6.